The van der Waals surface area contributed by atoms with Gasteiger partial charge in [-0.05, 0) is 24.3 Å². The van der Waals surface area contributed by atoms with Crippen LogP contribution >= 0.6 is 15.9 Å². The monoisotopic (exact) mass is 384 g/mol. The van der Waals surface area contributed by atoms with E-state index in [1.165, 1.54) is 18.3 Å². The van der Waals surface area contributed by atoms with Crippen LogP contribution in [0.1, 0.15) is 21.7 Å². The third kappa shape index (κ3) is 2.70. The first-order valence-electron chi connectivity index (χ1n) is 6.36. The third-order valence-electron chi connectivity index (χ3n) is 3.28. The molecule has 0 saturated heterocycles. The number of aromatic hydroxyl groups is 1. The maximum absolute atomic E-state index is 12.7. The minimum atomic E-state index is -4.63. The zero-order chi connectivity index (χ0) is 16.8. The predicted octanol–water partition coefficient (Wildman–Crippen LogP) is 4.28. The standard InChI is InChI=1S/C15H8BrF3N2O2/c16-8-4-5-10(22)13-12(8)7(6-20-13)14(23)9-2-1-3-11(21-9)15(17,18)19/h1-6,20,22H. The van der Waals surface area contributed by atoms with Gasteiger partial charge in [-0.25, -0.2) is 4.98 Å². The molecule has 8 heteroatoms. The quantitative estimate of drug-likeness (QED) is 0.648. The first-order valence-corrected chi connectivity index (χ1v) is 7.16. The Labute approximate surface area is 136 Å². The number of nitrogens with one attached hydrogen (secondary N) is 1. The first kappa shape index (κ1) is 15.5. The number of carbonyl (C=O) groups excluding carboxylic acids is 1. The van der Waals surface area contributed by atoms with Gasteiger partial charge in [0.25, 0.3) is 0 Å². The van der Waals surface area contributed by atoms with E-state index in [4.69, 9.17) is 0 Å². The lowest BCUT2D eigenvalue weighted by Gasteiger charge is -2.07. The zero-order valence-electron chi connectivity index (χ0n) is 11.3. The average Bonchev–Trinajstić information content (AvgIpc) is 2.96. The summed E-state index contributed by atoms with van der Waals surface area (Å²) in [6.45, 7) is 0. The molecule has 3 rings (SSSR count). The SMILES string of the molecule is O=C(c1cccc(C(F)(F)F)n1)c1c[nH]c2c(O)ccc(Br)c12. The van der Waals surface area contributed by atoms with Crippen LogP contribution in [-0.2, 0) is 6.18 Å². The number of phenolic OH excluding ortho intramolecular Hbond substituents is 1. The highest BCUT2D eigenvalue weighted by Crippen LogP contribution is 2.34. The van der Waals surface area contributed by atoms with Crippen molar-refractivity contribution in [3.8, 4) is 5.75 Å². The molecule has 0 spiro atoms. The molecule has 2 heterocycles. The number of rotatable bonds is 2. The van der Waals surface area contributed by atoms with E-state index in [1.807, 2.05) is 0 Å². The Kier molecular flexibility index (Phi) is 3.63. The number of phenols is 1. The number of halogens is 4. The Bertz CT molecular complexity index is 919. The van der Waals surface area contributed by atoms with Crippen molar-refractivity contribution in [3.63, 3.8) is 0 Å². The van der Waals surface area contributed by atoms with Gasteiger partial charge in [-0.3, -0.25) is 4.79 Å². The Hall–Kier alpha value is -2.35. The Morgan fingerprint density at radius 1 is 1.22 bits per heavy atom. The zero-order valence-corrected chi connectivity index (χ0v) is 12.9. The van der Waals surface area contributed by atoms with E-state index in [0.717, 1.165) is 12.1 Å². The summed E-state index contributed by atoms with van der Waals surface area (Å²) in [6.07, 6.45) is -3.30. The molecule has 0 unspecified atom stereocenters. The fourth-order valence-electron chi connectivity index (χ4n) is 2.23. The molecule has 4 nitrogen and oxygen atoms in total. The lowest BCUT2D eigenvalue weighted by Crippen LogP contribution is -2.12. The molecule has 23 heavy (non-hydrogen) atoms. The number of benzene rings is 1. The molecular weight excluding hydrogens is 377 g/mol. The summed E-state index contributed by atoms with van der Waals surface area (Å²) in [7, 11) is 0. The topological polar surface area (TPSA) is 66.0 Å². The third-order valence-corrected chi connectivity index (χ3v) is 3.94. The summed E-state index contributed by atoms with van der Waals surface area (Å²) < 4.78 is 38.7. The molecular formula is C15H8BrF3N2O2. The van der Waals surface area contributed by atoms with Gasteiger partial charge in [0.1, 0.15) is 17.1 Å². The van der Waals surface area contributed by atoms with Crippen molar-refractivity contribution >= 4 is 32.6 Å². The molecule has 1 aromatic carbocycles. The number of ketones is 1. The number of hydrogen-bond donors (Lipinski definition) is 2. The van der Waals surface area contributed by atoms with Crippen LogP contribution in [0, 0.1) is 0 Å². The molecule has 0 saturated carbocycles. The molecule has 0 amide bonds. The highest BCUT2D eigenvalue weighted by Gasteiger charge is 2.33. The largest absolute Gasteiger partial charge is 0.506 e. The van der Waals surface area contributed by atoms with Crippen LogP contribution in [-0.4, -0.2) is 20.9 Å². The molecule has 3 aromatic rings. The number of carbonyl (C=O) groups is 1. The second kappa shape index (κ2) is 5.38. The smallest absolute Gasteiger partial charge is 0.433 e. The van der Waals surface area contributed by atoms with Crippen LogP contribution in [0.4, 0.5) is 13.2 Å². The van der Waals surface area contributed by atoms with Crippen molar-refractivity contribution in [1.82, 2.24) is 9.97 Å². The lowest BCUT2D eigenvalue weighted by molar-refractivity contribution is -0.141. The van der Waals surface area contributed by atoms with Gasteiger partial charge in [0.15, 0.2) is 0 Å². The van der Waals surface area contributed by atoms with Crippen LogP contribution in [0.5, 0.6) is 5.75 Å². The number of H-pyrrole nitrogens is 1. The maximum atomic E-state index is 12.7. The summed E-state index contributed by atoms with van der Waals surface area (Å²) in [5.74, 6) is -0.743. The van der Waals surface area contributed by atoms with Crippen LogP contribution in [0.3, 0.4) is 0 Å². The summed E-state index contributed by atoms with van der Waals surface area (Å²) in [5.41, 5.74) is -1.02. The van der Waals surface area contributed by atoms with Crippen molar-refractivity contribution in [2.45, 2.75) is 6.18 Å². The van der Waals surface area contributed by atoms with E-state index in [9.17, 15) is 23.1 Å². The highest BCUT2D eigenvalue weighted by molar-refractivity contribution is 9.10. The number of aromatic nitrogens is 2. The van der Waals surface area contributed by atoms with Gasteiger partial charge in [0.05, 0.1) is 11.1 Å². The molecule has 118 valence electrons. The number of pyridine rings is 1. The van der Waals surface area contributed by atoms with E-state index in [0.29, 0.717) is 15.4 Å². The molecule has 0 aliphatic heterocycles. The van der Waals surface area contributed by atoms with Gasteiger partial charge in [0, 0.05) is 16.1 Å². The summed E-state index contributed by atoms with van der Waals surface area (Å²) in [5, 5.41) is 10.2. The molecule has 0 radical (unpaired) electrons. The number of fused-ring (bicyclic) bond motifs is 1. The molecule has 0 fully saturated rings. The minimum absolute atomic E-state index is 0.0701. The van der Waals surface area contributed by atoms with Crippen LogP contribution in [0.2, 0.25) is 0 Å². The lowest BCUT2D eigenvalue weighted by atomic mass is 10.1. The molecule has 0 bridgehead atoms. The molecule has 0 aliphatic rings. The van der Waals surface area contributed by atoms with E-state index >= 15 is 0 Å². The fraction of sp³-hybridized carbons (Fsp3) is 0.0667. The highest BCUT2D eigenvalue weighted by atomic mass is 79.9. The first-order chi connectivity index (χ1) is 10.8. The maximum Gasteiger partial charge on any atom is 0.433 e. The van der Waals surface area contributed by atoms with E-state index < -0.39 is 17.7 Å². The summed E-state index contributed by atoms with van der Waals surface area (Å²) in [4.78, 5) is 18.6. The van der Waals surface area contributed by atoms with Crippen LogP contribution in [0.15, 0.2) is 41.0 Å². The second-order valence-electron chi connectivity index (χ2n) is 4.75. The summed E-state index contributed by atoms with van der Waals surface area (Å²) in [6, 6.07) is 6.12. The van der Waals surface area contributed by atoms with Gasteiger partial charge >= 0.3 is 6.18 Å². The number of hydrogen-bond acceptors (Lipinski definition) is 3. The second-order valence-corrected chi connectivity index (χ2v) is 5.61. The van der Waals surface area contributed by atoms with E-state index in [-0.39, 0.29) is 17.0 Å². The number of aromatic amines is 1. The number of alkyl halides is 3. The molecule has 0 aliphatic carbocycles. The van der Waals surface area contributed by atoms with Crippen molar-refractivity contribution < 1.29 is 23.1 Å². The van der Waals surface area contributed by atoms with Gasteiger partial charge in [-0.2, -0.15) is 13.2 Å². The minimum Gasteiger partial charge on any atom is -0.506 e. The van der Waals surface area contributed by atoms with Crippen molar-refractivity contribution in [2.75, 3.05) is 0 Å². The van der Waals surface area contributed by atoms with E-state index in [2.05, 4.69) is 25.9 Å². The normalized spacial score (nSPS) is 11.8. The Morgan fingerprint density at radius 2 is 1.96 bits per heavy atom. The van der Waals surface area contributed by atoms with Gasteiger partial charge in [-0.15, -0.1) is 0 Å². The van der Waals surface area contributed by atoms with E-state index in [1.54, 1.807) is 6.07 Å². The van der Waals surface area contributed by atoms with Gasteiger partial charge in [-0.1, -0.05) is 22.0 Å². The Balaban J connectivity index is 2.14. The van der Waals surface area contributed by atoms with Gasteiger partial charge < -0.3 is 10.1 Å². The predicted molar refractivity (Wildman–Crippen MR) is 80.3 cm³/mol. The van der Waals surface area contributed by atoms with Crippen molar-refractivity contribution in [2.24, 2.45) is 0 Å². The van der Waals surface area contributed by atoms with Crippen LogP contribution in [0.25, 0.3) is 10.9 Å². The molecule has 2 N–H and O–H groups in total. The number of nitrogens with zero attached hydrogens (tertiary/aromatic N) is 1. The van der Waals surface area contributed by atoms with Crippen molar-refractivity contribution in [3.05, 3.63) is 58.0 Å². The van der Waals surface area contributed by atoms with Crippen LogP contribution < -0.4 is 0 Å². The fourth-order valence-corrected chi connectivity index (χ4v) is 2.77. The van der Waals surface area contributed by atoms with Crippen molar-refractivity contribution in [1.29, 1.82) is 0 Å². The Morgan fingerprint density at radius 3 is 2.65 bits per heavy atom. The summed E-state index contributed by atoms with van der Waals surface area (Å²) >= 11 is 3.26. The average molecular weight is 385 g/mol. The molecule has 0 atom stereocenters. The van der Waals surface area contributed by atoms with Gasteiger partial charge in [0.2, 0.25) is 5.78 Å². The molecule has 2 aromatic heterocycles.